The lowest BCUT2D eigenvalue weighted by atomic mass is 9.89. The van der Waals surface area contributed by atoms with Gasteiger partial charge in [0.25, 0.3) is 0 Å². The summed E-state index contributed by atoms with van der Waals surface area (Å²) in [5, 5.41) is 3.33. The maximum Gasteiger partial charge on any atom is 0.227 e. The molecule has 2 aliphatic heterocycles. The summed E-state index contributed by atoms with van der Waals surface area (Å²) in [6.07, 6.45) is 4.67. The minimum absolute atomic E-state index is 0. The predicted octanol–water partition coefficient (Wildman–Crippen LogP) is 2.05. The van der Waals surface area contributed by atoms with Crippen LogP contribution in [0.2, 0.25) is 0 Å². The van der Waals surface area contributed by atoms with Crippen LogP contribution in [0.4, 0.5) is 0 Å². The van der Waals surface area contributed by atoms with Crippen molar-refractivity contribution in [1.29, 1.82) is 0 Å². The summed E-state index contributed by atoms with van der Waals surface area (Å²) in [4.78, 5) is 14.5. The molecule has 0 aromatic rings. The van der Waals surface area contributed by atoms with Crippen LogP contribution in [0.25, 0.3) is 0 Å². The van der Waals surface area contributed by atoms with Gasteiger partial charge in [0.1, 0.15) is 0 Å². The third-order valence-corrected chi connectivity index (χ3v) is 4.30. The number of hydrogen-bond donors (Lipinski definition) is 1. The van der Waals surface area contributed by atoms with Crippen LogP contribution in [0, 0.1) is 11.8 Å². The van der Waals surface area contributed by atoms with Crippen molar-refractivity contribution in [3.63, 3.8) is 0 Å². The molecule has 2 heterocycles. The van der Waals surface area contributed by atoms with Gasteiger partial charge in [-0.25, -0.2) is 0 Å². The Morgan fingerprint density at radius 1 is 1.24 bits per heavy atom. The van der Waals surface area contributed by atoms with Crippen LogP contribution in [0.5, 0.6) is 0 Å². The second-order valence-electron chi connectivity index (χ2n) is 5.44. The number of halogens is 1. The highest BCUT2D eigenvalue weighted by Gasteiger charge is 2.32. The predicted molar refractivity (Wildman–Crippen MR) is 72.4 cm³/mol. The normalized spacial score (nSPS) is 34.0. The zero-order valence-corrected chi connectivity index (χ0v) is 11.8. The van der Waals surface area contributed by atoms with Gasteiger partial charge in [-0.05, 0) is 45.1 Å². The first-order valence-corrected chi connectivity index (χ1v) is 6.71. The zero-order chi connectivity index (χ0) is 11.5. The Labute approximate surface area is 111 Å². The summed E-state index contributed by atoms with van der Waals surface area (Å²) in [7, 11) is 0. The van der Waals surface area contributed by atoms with Gasteiger partial charge in [-0.1, -0.05) is 6.92 Å². The maximum absolute atomic E-state index is 12.4. The topological polar surface area (TPSA) is 32.3 Å². The Kier molecular flexibility index (Phi) is 5.74. The number of hydrogen-bond acceptors (Lipinski definition) is 2. The summed E-state index contributed by atoms with van der Waals surface area (Å²) in [5.41, 5.74) is 0. The zero-order valence-electron chi connectivity index (χ0n) is 10.9. The van der Waals surface area contributed by atoms with Crippen LogP contribution in [-0.4, -0.2) is 36.5 Å². The smallest absolute Gasteiger partial charge is 0.227 e. The average Bonchev–Trinajstić information content (AvgIpc) is 2.33. The van der Waals surface area contributed by atoms with E-state index in [-0.39, 0.29) is 18.3 Å². The molecule has 17 heavy (non-hydrogen) atoms. The third-order valence-electron chi connectivity index (χ3n) is 4.30. The van der Waals surface area contributed by atoms with Crippen molar-refractivity contribution >= 4 is 18.3 Å². The summed E-state index contributed by atoms with van der Waals surface area (Å²) in [6.45, 7) is 7.41. The molecule has 0 aromatic carbocycles. The van der Waals surface area contributed by atoms with E-state index in [2.05, 4.69) is 24.1 Å². The molecule has 100 valence electrons. The SMILES string of the molecule is CC1CCCN(C(=O)C2CCCNC2)C1C.Cl. The van der Waals surface area contributed by atoms with E-state index in [4.69, 9.17) is 0 Å². The highest BCUT2D eigenvalue weighted by atomic mass is 35.5. The Balaban J connectivity index is 0.00000144. The standard InChI is InChI=1S/C13H24N2O.ClH/c1-10-5-4-8-15(11(10)2)13(16)12-6-3-7-14-9-12;/h10-12,14H,3-9H2,1-2H3;1H. The van der Waals surface area contributed by atoms with Gasteiger partial charge in [0.05, 0.1) is 5.92 Å². The van der Waals surface area contributed by atoms with Crippen molar-refractivity contribution in [1.82, 2.24) is 10.2 Å². The van der Waals surface area contributed by atoms with Crippen LogP contribution >= 0.6 is 12.4 Å². The second-order valence-corrected chi connectivity index (χ2v) is 5.44. The highest BCUT2D eigenvalue weighted by Crippen LogP contribution is 2.25. The highest BCUT2D eigenvalue weighted by molar-refractivity contribution is 5.85. The van der Waals surface area contributed by atoms with Gasteiger partial charge in [-0.2, -0.15) is 0 Å². The van der Waals surface area contributed by atoms with E-state index < -0.39 is 0 Å². The molecule has 0 spiro atoms. The van der Waals surface area contributed by atoms with Crippen LogP contribution in [0.3, 0.4) is 0 Å². The largest absolute Gasteiger partial charge is 0.339 e. The summed E-state index contributed by atoms with van der Waals surface area (Å²) < 4.78 is 0. The van der Waals surface area contributed by atoms with Gasteiger partial charge in [-0.15, -0.1) is 12.4 Å². The van der Waals surface area contributed by atoms with Gasteiger partial charge in [0.2, 0.25) is 5.91 Å². The molecule has 2 rings (SSSR count). The van der Waals surface area contributed by atoms with Crippen LogP contribution < -0.4 is 5.32 Å². The van der Waals surface area contributed by atoms with Gasteiger partial charge < -0.3 is 10.2 Å². The number of carbonyl (C=O) groups excluding carboxylic acids is 1. The number of nitrogens with zero attached hydrogens (tertiary/aromatic N) is 1. The molecule has 0 aromatic heterocycles. The molecule has 2 aliphatic rings. The van der Waals surface area contributed by atoms with E-state index in [1.807, 2.05) is 0 Å². The Hall–Kier alpha value is -0.280. The molecular formula is C13H25ClN2O. The maximum atomic E-state index is 12.4. The number of nitrogens with one attached hydrogen (secondary N) is 1. The number of carbonyl (C=O) groups is 1. The average molecular weight is 261 g/mol. The van der Waals surface area contributed by atoms with E-state index in [0.717, 1.165) is 32.5 Å². The molecule has 2 saturated heterocycles. The van der Waals surface area contributed by atoms with Crippen molar-refractivity contribution in [2.45, 2.75) is 45.6 Å². The number of amides is 1. The molecule has 4 heteroatoms. The molecule has 3 unspecified atom stereocenters. The molecule has 3 nitrogen and oxygen atoms in total. The van der Waals surface area contributed by atoms with E-state index in [9.17, 15) is 4.79 Å². The second kappa shape index (κ2) is 6.60. The fraction of sp³-hybridized carbons (Fsp3) is 0.923. The summed E-state index contributed by atoms with van der Waals surface area (Å²) in [6, 6.07) is 0.433. The molecular weight excluding hydrogens is 236 g/mol. The molecule has 3 atom stereocenters. The van der Waals surface area contributed by atoms with Gasteiger partial charge in [-0.3, -0.25) is 4.79 Å². The van der Waals surface area contributed by atoms with Crippen molar-refractivity contribution in [2.24, 2.45) is 11.8 Å². The van der Waals surface area contributed by atoms with Crippen LogP contribution in [0.1, 0.15) is 39.5 Å². The third kappa shape index (κ3) is 3.35. The van der Waals surface area contributed by atoms with Gasteiger partial charge >= 0.3 is 0 Å². The van der Waals surface area contributed by atoms with Crippen molar-refractivity contribution < 1.29 is 4.79 Å². The van der Waals surface area contributed by atoms with Crippen LogP contribution in [-0.2, 0) is 4.79 Å². The Morgan fingerprint density at radius 2 is 2.00 bits per heavy atom. The molecule has 2 fully saturated rings. The lowest BCUT2D eigenvalue weighted by molar-refractivity contribution is -0.140. The van der Waals surface area contributed by atoms with E-state index >= 15 is 0 Å². The minimum atomic E-state index is 0. The van der Waals surface area contributed by atoms with Gasteiger partial charge in [0, 0.05) is 19.1 Å². The molecule has 1 N–H and O–H groups in total. The molecule has 0 saturated carbocycles. The number of piperidine rings is 2. The molecule has 1 amide bonds. The first-order valence-electron chi connectivity index (χ1n) is 6.71. The molecule has 0 bridgehead atoms. The Bertz CT molecular complexity index is 254. The minimum Gasteiger partial charge on any atom is -0.339 e. The first-order chi connectivity index (χ1) is 7.70. The lowest BCUT2D eigenvalue weighted by Crippen LogP contribution is -2.50. The lowest BCUT2D eigenvalue weighted by Gasteiger charge is -2.40. The Morgan fingerprint density at radius 3 is 2.65 bits per heavy atom. The van der Waals surface area contributed by atoms with Gasteiger partial charge in [0.15, 0.2) is 0 Å². The number of rotatable bonds is 1. The van der Waals surface area contributed by atoms with E-state index in [1.54, 1.807) is 0 Å². The molecule has 0 aliphatic carbocycles. The first kappa shape index (κ1) is 14.8. The monoisotopic (exact) mass is 260 g/mol. The van der Waals surface area contributed by atoms with Crippen LogP contribution in [0.15, 0.2) is 0 Å². The van der Waals surface area contributed by atoms with Crippen molar-refractivity contribution in [2.75, 3.05) is 19.6 Å². The van der Waals surface area contributed by atoms with E-state index in [1.165, 1.54) is 12.8 Å². The van der Waals surface area contributed by atoms with Crippen molar-refractivity contribution in [3.05, 3.63) is 0 Å². The fourth-order valence-corrected chi connectivity index (χ4v) is 2.94. The number of likely N-dealkylation sites (tertiary alicyclic amines) is 1. The molecule has 0 radical (unpaired) electrons. The quantitative estimate of drug-likeness (QED) is 0.783. The van der Waals surface area contributed by atoms with Crippen molar-refractivity contribution in [3.8, 4) is 0 Å². The summed E-state index contributed by atoms with van der Waals surface area (Å²) >= 11 is 0. The fourth-order valence-electron chi connectivity index (χ4n) is 2.94. The summed E-state index contributed by atoms with van der Waals surface area (Å²) in [5.74, 6) is 1.29. The van der Waals surface area contributed by atoms with E-state index in [0.29, 0.717) is 17.9 Å².